The van der Waals surface area contributed by atoms with Gasteiger partial charge < -0.3 is 10.6 Å². The van der Waals surface area contributed by atoms with Gasteiger partial charge in [0.05, 0.1) is 12.1 Å². The third-order valence-electron chi connectivity index (χ3n) is 3.82. The van der Waals surface area contributed by atoms with Gasteiger partial charge in [-0.1, -0.05) is 0 Å². The summed E-state index contributed by atoms with van der Waals surface area (Å²) < 4.78 is 14.6. The van der Waals surface area contributed by atoms with Gasteiger partial charge >= 0.3 is 0 Å². The molecule has 1 aliphatic heterocycles. The number of amides is 1. The predicted molar refractivity (Wildman–Crippen MR) is 84.6 cm³/mol. The highest BCUT2D eigenvalue weighted by Crippen LogP contribution is 2.28. The van der Waals surface area contributed by atoms with Crippen molar-refractivity contribution in [3.8, 4) is 0 Å². The zero-order valence-corrected chi connectivity index (χ0v) is 12.9. The summed E-state index contributed by atoms with van der Waals surface area (Å²) >= 11 is 0. The molecule has 7 heteroatoms. The number of hydrogen-bond acceptors (Lipinski definition) is 3. The van der Waals surface area contributed by atoms with Crippen molar-refractivity contribution in [2.45, 2.75) is 5.92 Å². The molecule has 2 N–H and O–H groups in total. The molecule has 1 aliphatic rings. The molecule has 1 fully saturated rings. The van der Waals surface area contributed by atoms with Gasteiger partial charge in [-0.25, -0.2) is 4.39 Å². The number of hydrogen-bond donors (Lipinski definition) is 2. The molecule has 3 rings (SSSR count). The summed E-state index contributed by atoms with van der Waals surface area (Å²) in [6.45, 7) is 1.39. The van der Waals surface area contributed by atoms with Crippen molar-refractivity contribution in [2.24, 2.45) is 13.0 Å². The monoisotopic (exact) mass is 324 g/mol. The maximum absolute atomic E-state index is 12.9. The zero-order chi connectivity index (χ0) is 14.8. The summed E-state index contributed by atoms with van der Waals surface area (Å²) in [5, 5.41) is 10.3. The number of anilines is 1. The van der Waals surface area contributed by atoms with Crippen molar-refractivity contribution in [1.82, 2.24) is 15.1 Å². The van der Waals surface area contributed by atoms with Gasteiger partial charge in [-0.15, -0.1) is 12.4 Å². The Morgan fingerprint density at radius 1 is 1.36 bits per heavy atom. The number of rotatable bonds is 3. The van der Waals surface area contributed by atoms with Crippen molar-refractivity contribution in [3.05, 3.63) is 48.0 Å². The van der Waals surface area contributed by atoms with E-state index in [1.165, 1.54) is 12.1 Å². The van der Waals surface area contributed by atoms with Crippen LogP contribution in [-0.4, -0.2) is 28.8 Å². The number of nitrogens with one attached hydrogen (secondary N) is 2. The van der Waals surface area contributed by atoms with Crippen LogP contribution < -0.4 is 10.6 Å². The van der Waals surface area contributed by atoms with Gasteiger partial charge in [0.2, 0.25) is 5.91 Å². The fraction of sp³-hybridized carbons (Fsp3) is 0.333. The molecule has 1 amide bonds. The van der Waals surface area contributed by atoms with Crippen LogP contribution in [0.1, 0.15) is 11.5 Å². The van der Waals surface area contributed by atoms with Crippen LogP contribution in [0.15, 0.2) is 36.7 Å². The van der Waals surface area contributed by atoms with Crippen LogP contribution in [0.4, 0.5) is 10.1 Å². The number of nitrogens with zero attached hydrogens (tertiary/aromatic N) is 2. The molecule has 118 valence electrons. The fourth-order valence-electron chi connectivity index (χ4n) is 2.70. The van der Waals surface area contributed by atoms with Crippen LogP contribution in [0.5, 0.6) is 0 Å². The lowest BCUT2D eigenvalue weighted by atomic mass is 9.90. The Labute approximate surface area is 134 Å². The standard InChI is InChI=1S/C15H17FN4O.ClH/c1-20-9-10(6-18-20)13-7-17-8-14(13)15(21)19-12-4-2-11(16)3-5-12;/h2-6,9,13-14,17H,7-8H2,1H3,(H,19,21);1H/t13-,14+;/m1./s1. The van der Waals surface area contributed by atoms with E-state index in [2.05, 4.69) is 15.7 Å². The molecule has 5 nitrogen and oxygen atoms in total. The summed E-state index contributed by atoms with van der Waals surface area (Å²) in [6.07, 6.45) is 3.74. The second-order valence-corrected chi connectivity index (χ2v) is 5.31. The van der Waals surface area contributed by atoms with E-state index in [1.807, 2.05) is 13.2 Å². The van der Waals surface area contributed by atoms with Crippen molar-refractivity contribution < 1.29 is 9.18 Å². The molecule has 1 aromatic heterocycles. The van der Waals surface area contributed by atoms with E-state index in [9.17, 15) is 9.18 Å². The normalized spacial score (nSPS) is 20.5. The summed E-state index contributed by atoms with van der Waals surface area (Å²) in [5.74, 6) is -0.414. The lowest BCUT2D eigenvalue weighted by Crippen LogP contribution is -2.28. The van der Waals surface area contributed by atoms with Crippen LogP contribution in [0.25, 0.3) is 0 Å². The average molecular weight is 325 g/mol. The Hall–Kier alpha value is -1.92. The molecule has 22 heavy (non-hydrogen) atoms. The summed E-state index contributed by atoms with van der Waals surface area (Å²) in [4.78, 5) is 12.4. The van der Waals surface area contributed by atoms with Crippen molar-refractivity contribution in [1.29, 1.82) is 0 Å². The highest BCUT2D eigenvalue weighted by Gasteiger charge is 2.34. The van der Waals surface area contributed by atoms with E-state index < -0.39 is 0 Å². The molecule has 2 aromatic rings. The third-order valence-corrected chi connectivity index (χ3v) is 3.82. The number of carbonyl (C=O) groups is 1. The molecular weight excluding hydrogens is 307 g/mol. The molecule has 1 saturated heterocycles. The molecule has 2 atom stereocenters. The van der Waals surface area contributed by atoms with Gasteiger partial charge in [-0.2, -0.15) is 5.10 Å². The molecule has 0 spiro atoms. The Balaban J connectivity index is 0.00000176. The minimum absolute atomic E-state index is 0. The minimum Gasteiger partial charge on any atom is -0.326 e. The van der Waals surface area contributed by atoms with Crippen LogP contribution in [0.2, 0.25) is 0 Å². The molecule has 0 saturated carbocycles. The van der Waals surface area contributed by atoms with Crippen LogP contribution >= 0.6 is 12.4 Å². The molecule has 0 unspecified atom stereocenters. The lowest BCUT2D eigenvalue weighted by Gasteiger charge is -2.17. The number of benzene rings is 1. The highest BCUT2D eigenvalue weighted by atomic mass is 35.5. The Morgan fingerprint density at radius 2 is 2.09 bits per heavy atom. The van der Waals surface area contributed by atoms with Crippen LogP contribution in [0.3, 0.4) is 0 Å². The van der Waals surface area contributed by atoms with E-state index in [-0.39, 0.29) is 36.0 Å². The maximum Gasteiger partial charge on any atom is 0.229 e. The summed E-state index contributed by atoms with van der Waals surface area (Å²) in [7, 11) is 1.86. The third kappa shape index (κ3) is 3.45. The first kappa shape index (κ1) is 16.5. The summed E-state index contributed by atoms with van der Waals surface area (Å²) in [5.41, 5.74) is 1.67. The van der Waals surface area contributed by atoms with E-state index in [1.54, 1.807) is 23.0 Å². The molecule has 0 bridgehead atoms. The van der Waals surface area contributed by atoms with Crippen LogP contribution in [-0.2, 0) is 11.8 Å². The van der Waals surface area contributed by atoms with E-state index >= 15 is 0 Å². The zero-order valence-electron chi connectivity index (χ0n) is 12.1. The van der Waals surface area contributed by atoms with Crippen molar-refractivity contribution in [2.75, 3.05) is 18.4 Å². The molecular formula is C15H18ClFN4O. The number of aryl methyl sites for hydroxylation is 1. The van der Waals surface area contributed by atoms with E-state index in [4.69, 9.17) is 0 Å². The van der Waals surface area contributed by atoms with E-state index in [0.29, 0.717) is 12.2 Å². The van der Waals surface area contributed by atoms with E-state index in [0.717, 1.165) is 12.1 Å². The SMILES string of the molecule is Cl.Cn1cc([C@H]2CNC[C@@H]2C(=O)Nc2ccc(F)cc2)cn1. The Bertz CT molecular complexity index is 643. The molecule has 0 radical (unpaired) electrons. The Morgan fingerprint density at radius 3 is 2.73 bits per heavy atom. The molecule has 1 aromatic carbocycles. The fourth-order valence-corrected chi connectivity index (χ4v) is 2.70. The number of halogens is 2. The Kier molecular flexibility index (Phi) is 5.15. The van der Waals surface area contributed by atoms with Gasteiger partial charge in [-0.05, 0) is 29.8 Å². The van der Waals surface area contributed by atoms with Gasteiger partial charge in [0.15, 0.2) is 0 Å². The number of aromatic nitrogens is 2. The number of carbonyl (C=O) groups excluding carboxylic acids is 1. The smallest absolute Gasteiger partial charge is 0.229 e. The van der Waals surface area contributed by atoms with Gasteiger partial charge in [0.1, 0.15) is 5.82 Å². The molecule has 0 aliphatic carbocycles. The lowest BCUT2D eigenvalue weighted by molar-refractivity contribution is -0.119. The maximum atomic E-state index is 12.9. The van der Waals surface area contributed by atoms with Crippen molar-refractivity contribution >= 4 is 24.0 Å². The predicted octanol–water partition coefficient (Wildman–Crippen LogP) is 1.92. The topological polar surface area (TPSA) is 59.0 Å². The highest BCUT2D eigenvalue weighted by molar-refractivity contribution is 5.93. The van der Waals surface area contributed by atoms with Gasteiger partial charge in [-0.3, -0.25) is 9.48 Å². The van der Waals surface area contributed by atoms with Crippen molar-refractivity contribution in [3.63, 3.8) is 0 Å². The molecule has 2 heterocycles. The first-order valence-corrected chi connectivity index (χ1v) is 6.89. The second kappa shape index (κ2) is 6.89. The average Bonchev–Trinajstić information content (AvgIpc) is 3.09. The van der Waals surface area contributed by atoms with Gasteiger partial charge in [0, 0.05) is 37.9 Å². The first-order chi connectivity index (χ1) is 10.1. The largest absolute Gasteiger partial charge is 0.326 e. The quantitative estimate of drug-likeness (QED) is 0.907. The summed E-state index contributed by atoms with van der Waals surface area (Å²) in [6, 6.07) is 5.80. The minimum atomic E-state index is -0.316. The van der Waals surface area contributed by atoms with Crippen LogP contribution in [0, 0.1) is 11.7 Å². The first-order valence-electron chi connectivity index (χ1n) is 6.89. The second-order valence-electron chi connectivity index (χ2n) is 5.31. The van der Waals surface area contributed by atoms with Gasteiger partial charge in [0.25, 0.3) is 0 Å².